The van der Waals surface area contributed by atoms with Gasteiger partial charge in [0.25, 0.3) is 6.33 Å². The zero-order valence-corrected chi connectivity index (χ0v) is 49.7. The molecule has 0 fully saturated rings. The maximum absolute atomic E-state index is 8.79. The minimum atomic E-state index is -2.63. The number of aromatic nitrogens is 4. The maximum atomic E-state index is 8.79. The van der Waals surface area contributed by atoms with Crippen molar-refractivity contribution in [2.24, 2.45) is 0 Å². The largest absolute Gasteiger partial charge is 0.458 e. The summed E-state index contributed by atoms with van der Waals surface area (Å²) in [6.07, 6.45) is 5.91. The molecule has 0 saturated carbocycles. The lowest BCUT2D eigenvalue weighted by molar-refractivity contribution is -0.570. The number of fused-ring (bicyclic) bond motifs is 13. The maximum Gasteiger partial charge on any atom is 0.269 e. The highest BCUT2D eigenvalue weighted by atomic mass is 16.5. The molecule has 0 radical (unpaired) electrons. The van der Waals surface area contributed by atoms with Gasteiger partial charge in [-0.15, -0.1) is 0 Å². The summed E-state index contributed by atoms with van der Waals surface area (Å²) >= 11 is 0. The summed E-state index contributed by atoms with van der Waals surface area (Å²) in [6.45, 7) is 8.04. The van der Waals surface area contributed by atoms with Gasteiger partial charge in [0.05, 0.1) is 33.4 Å². The van der Waals surface area contributed by atoms with Crippen LogP contribution in [0.2, 0.25) is 0 Å². The fraction of sp³-hybridized carbons (Fsp3) is 0.122. The smallest absolute Gasteiger partial charge is 0.269 e. The minimum Gasteiger partial charge on any atom is -0.458 e. The molecule has 11 aromatic carbocycles. The lowest BCUT2D eigenvalue weighted by Crippen LogP contribution is -2.32. The molecule has 5 heterocycles. The Labute approximate surface area is 521 Å². The van der Waals surface area contributed by atoms with E-state index in [1.54, 1.807) is 0 Å². The van der Waals surface area contributed by atoms with Crippen LogP contribution in [0.3, 0.4) is 0 Å². The van der Waals surface area contributed by atoms with E-state index < -0.39 is 13.7 Å². The van der Waals surface area contributed by atoms with Crippen LogP contribution < -0.4 is 9.30 Å². The number of imidazole rings is 1. The second-order valence-electron chi connectivity index (χ2n) is 25.3. The Kier molecular flexibility index (Phi) is 10.6. The first-order chi connectivity index (χ1) is 45.1. The predicted molar refractivity (Wildman–Crippen MR) is 363 cm³/mol. The first-order valence-corrected chi connectivity index (χ1v) is 30.0. The highest BCUT2D eigenvalue weighted by molar-refractivity contribution is 6.10. The second-order valence-corrected chi connectivity index (χ2v) is 25.3. The van der Waals surface area contributed by atoms with Crippen molar-refractivity contribution < 1.29 is 21.9 Å². The van der Waals surface area contributed by atoms with Gasteiger partial charge in [0.15, 0.2) is 0 Å². The summed E-state index contributed by atoms with van der Waals surface area (Å²) in [5.74, 6) is 2.10. The Balaban J connectivity index is 0.965. The molecular formula is C82H64N4O2. The van der Waals surface area contributed by atoms with E-state index in [9.17, 15) is 0 Å². The van der Waals surface area contributed by atoms with Gasteiger partial charge in [-0.05, 0) is 192 Å². The first-order valence-electron chi connectivity index (χ1n) is 33.0. The van der Waals surface area contributed by atoms with Crippen molar-refractivity contribution in [3.63, 3.8) is 0 Å². The summed E-state index contributed by atoms with van der Waals surface area (Å²) in [5, 5.41) is 4.24. The Morgan fingerprint density at radius 3 is 1.90 bits per heavy atom. The number of benzene rings is 11. The molecule has 15 aromatic rings. The molecule has 0 saturated heterocycles. The SMILES string of the molecule is [2H]C([2H])([2H])c1cccc(C([2H])([2H])[2H])c1-c1ccc2c(c1)-c1cccc(-c3ccc(C(C)(C)C)cc3)c1-[n+]1[c-]n(-c3cccc(Oc4ccc5c6ccccc6n(-c6cc(C(C)(C)C)ccn6)c5c4)c3)c3cc(-c4ccc5oc6ccccc6c5c4)cc(c31)-c1ccccc1-2. The van der Waals surface area contributed by atoms with Gasteiger partial charge in [-0.1, -0.05) is 193 Å². The van der Waals surface area contributed by atoms with Crippen molar-refractivity contribution in [3.05, 3.63) is 271 Å². The van der Waals surface area contributed by atoms with E-state index in [2.05, 4.69) is 219 Å². The molecular weight excluding hydrogens is 1070 g/mol. The molecule has 0 N–H and O–H groups in total. The third-order valence-corrected chi connectivity index (χ3v) is 17.8. The number of para-hydroxylation sites is 3. The molecule has 4 aromatic heterocycles. The van der Waals surface area contributed by atoms with E-state index in [-0.39, 0.29) is 27.5 Å². The van der Waals surface area contributed by atoms with Gasteiger partial charge in [0.1, 0.15) is 28.5 Å². The van der Waals surface area contributed by atoms with Gasteiger partial charge in [0, 0.05) is 42.0 Å². The van der Waals surface area contributed by atoms with Gasteiger partial charge in [-0.25, -0.2) is 4.98 Å². The minimum absolute atomic E-state index is 0.0328. The van der Waals surface area contributed by atoms with Crippen molar-refractivity contribution in [2.45, 2.75) is 66.1 Å². The van der Waals surface area contributed by atoms with Crippen LogP contribution in [0.25, 0.3) is 139 Å². The number of nitrogens with zero attached hydrogens (tertiary/aromatic N) is 4. The first kappa shape index (κ1) is 46.7. The predicted octanol–water partition coefficient (Wildman–Crippen LogP) is 21.4. The fourth-order valence-electron chi connectivity index (χ4n) is 13.3. The summed E-state index contributed by atoms with van der Waals surface area (Å²) in [6, 6.07) is 80.3. The van der Waals surface area contributed by atoms with Crippen molar-refractivity contribution in [1.82, 2.24) is 14.1 Å². The quantitative estimate of drug-likeness (QED) is 0.118. The number of hydrogen-bond acceptors (Lipinski definition) is 3. The van der Waals surface area contributed by atoms with E-state index in [1.807, 2.05) is 66.9 Å². The van der Waals surface area contributed by atoms with Crippen LogP contribution in [0.5, 0.6) is 11.5 Å². The Bertz CT molecular complexity index is 5560. The Morgan fingerprint density at radius 2 is 1.09 bits per heavy atom. The molecule has 6 heteroatoms. The van der Waals surface area contributed by atoms with Crippen LogP contribution >= 0.6 is 0 Å². The normalized spacial score (nSPS) is 13.6. The van der Waals surface area contributed by atoms with Crippen molar-refractivity contribution in [3.8, 4) is 95.5 Å². The zero-order chi connectivity index (χ0) is 64.7. The van der Waals surface area contributed by atoms with E-state index >= 15 is 0 Å². The lowest BCUT2D eigenvalue weighted by Gasteiger charge is -2.21. The van der Waals surface area contributed by atoms with E-state index in [1.165, 1.54) is 29.3 Å². The summed E-state index contributed by atoms with van der Waals surface area (Å²) in [4.78, 5) is 4.95. The number of rotatable bonds is 7. The molecule has 0 amide bonds. The van der Waals surface area contributed by atoms with E-state index in [4.69, 9.17) is 22.4 Å². The lowest BCUT2D eigenvalue weighted by atomic mass is 9.84. The molecule has 16 rings (SSSR count). The Morgan fingerprint density at radius 1 is 0.443 bits per heavy atom. The molecule has 0 unspecified atom stereocenters. The van der Waals surface area contributed by atoms with E-state index in [0.717, 1.165) is 128 Å². The van der Waals surface area contributed by atoms with Crippen LogP contribution in [-0.4, -0.2) is 14.1 Å². The number of pyridine rings is 1. The number of ether oxygens (including phenoxy) is 1. The van der Waals surface area contributed by atoms with E-state index in [0.29, 0.717) is 17.1 Å². The van der Waals surface area contributed by atoms with Crippen LogP contribution in [0.4, 0.5) is 0 Å². The molecule has 0 aliphatic carbocycles. The Hall–Kier alpha value is -10.6. The highest BCUT2D eigenvalue weighted by Gasteiger charge is 2.29. The van der Waals surface area contributed by atoms with Crippen LogP contribution in [0, 0.1) is 20.0 Å². The number of furan rings is 1. The molecule has 424 valence electrons. The zero-order valence-electron chi connectivity index (χ0n) is 55.7. The molecule has 0 spiro atoms. The van der Waals surface area contributed by atoms with Gasteiger partial charge in [-0.2, -0.15) is 0 Å². The number of aryl methyl sites for hydroxylation is 2. The van der Waals surface area contributed by atoms with Gasteiger partial charge >= 0.3 is 0 Å². The molecule has 1 aliphatic heterocycles. The van der Waals surface area contributed by atoms with Crippen LogP contribution in [0.1, 0.15) is 72.0 Å². The average Bonchev–Trinajstić information content (AvgIpc) is 1.55. The molecule has 6 nitrogen and oxygen atoms in total. The highest BCUT2D eigenvalue weighted by Crippen LogP contribution is 2.49. The average molecular weight is 1140 g/mol. The van der Waals surface area contributed by atoms with Crippen LogP contribution in [0.15, 0.2) is 247 Å². The van der Waals surface area contributed by atoms with Crippen LogP contribution in [-0.2, 0) is 10.8 Å². The third kappa shape index (κ3) is 8.68. The standard InChI is InChI=1S/C82H64N4O2/c1-50-18-15-19-51(2)78(50)54-32-37-64-62-22-9-10-23-63(62)71-44-55(53-33-39-76-70(42-53)67-25-12-14-29-75(67)88-76)45-74-80(71)85(79-61(26-17-27-68(79)69(64)43-54)52-30-34-56(35-31-52)81(3,4)5)49-84(74)58-20-16-21-59(47-58)87-60-36-38-66-65-24-11-13-28-72(65)86(73(66)48-60)77-46-57(40-41-83-77)82(6,7)8/h9-48H,1-8H3/i1D3,2D3. The summed E-state index contributed by atoms with van der Waals surface area (Å²) < 4.78 is 72.8. The summed E-state index contributed by atoms with van der Waals surface area (Å²) in [7, 11) is 0. The van der Waals surface area contributed by atoms with Crippen molar-refractivity contribution in [2.75, 3.05) is 0 Å². The second kappa shape index (κ2) is 20.0. The van der Waals surface area contributed by atoms with Gasteiger partial charge in [-0.3, -0.25) is 13.7 Å². The van der Waals surface area contributed by atoms with Crippen molar-refractivity contribution in [1.29, 1.82) is 0 Å². The van der Waals surface area contributed by atoms with Crippen molar-refractivity contribution >= 4 is 54.8 Å². The third-order valence-electron chi connectivity index (χ3n) is 17.8. The topological polar surface area (TPSA) is 49.0 Å². The molecule has 0 atom stereocenters. The monoisotopic (exact) mass is 1140 g/mol. The molecule has 88 heavy (non-hydrogen) atoms. The number of hydrogen-bond donors (Lipinski definition) is 0. The van der Waals surface area contributed by atoms with Gasteiger partial charge in [0.2, 0.25) is 0 Å². The summed E-state index contributed by atoms with van der Waals surface area (Å²) in [5.41, 5.74) is 18.9. The molecule has 0 bridgehead atoms. The van der Waals surface area contributed by atoms with Gasteiger partial charge < -0.3 is 9.15 Å². The fourth-order valence-corrected chi connectivity index (χ4v) is 13.3. The molecule has 1 aliphatic rings.